The number of hydrogen-bond donors (Lipinski definition) is 0. The van der Waals surface area contributed by atoms with Gasteiger partial charge in [-0.05, 0) is 22.6 Å². The minimum Gasteiger partial charge on any atom is -0.347 e. The van der Waals surface area contributed by atoms with Gasteiger partial charge < -0.3 is 9.80 Å². The lowest BCUT2D eigenvalue weighted by Crippen LogP contribution is -2.35. The Morgan fingerprint density at radius 2 is 1.89 bits per heavy atom. The molecule has 0 N–H and O–H groups in total. The summed E-state index contributed by atoms with van der Waals surface area (Å²) in [6.45, 7) is 0.222. The van der Waals surface area contributed by atoms with Crippen LogP contribution in [-0.4, -0.2) is 58.7 Å². The third kappa shape index (κ3) is 2.87. The average molecular weight is 260 g/mol. The van der Waals surface area contributed by atoms with Crippen LogP contribution in [0.3, 0.4) is 0 Å². The highest BCUT2D eigenvalue weighted by Crippen LogP contribution is 2.13. The van der Waals surface area contributed by atoms with E-state index in [9.17, 15) is 4.79 Å². The van der Waals surface area contributed by atoms with Crippen molar-refractivity contribution in [2.75, 3.05) is 32.6 Å². The number of nitrogens with zero attached hydrogens (tertiary/aromatic N) is 6. The molecule has 2 aromatic rings. The Kier molecular flexibility index (Phi) is 3.74. The van der Waals surface area contributed by atoms with E-state index in [0.29, 0.717) is 5.95 Å². The van der Waals surface area contributed by atoms with Crippen molar-refractivity contribution in [3.05, 3.63) is 30.3 Å². The fourth-order valence-corrected chi connectivity index (χ4v) is 1.57. The second-order valence-corrected chi connectivity index (χ2v) is 4.37. The van der Waals surface area contributed by atoms with Crippen LogP contribution in [0.2, 0.25) is 0 Å². The van der Waals surface area contributed by atoms with E-state index in [2.05, 4.69) is 15.5 Å². The van der Waals surface area contributed by atoms with Gasteiger partial charge in [0.2, 0.25) is 5.91 Å². The van der Waals surface area contributed by atoms with Crippen LogP contribution in [0, 0.1) is 0 Å². The van der Waals surface area contributed by atoms with Crippen LogP contribution in [0.25, 0.3) is 5.69 Å². The van der Waals surface area contributed by atoms with Crippen LogP contribution in [0.5, 0.6) is 0 Å². The summed E-state index contributed by atoms with van der Waals surface area (Å²) in [7, 11) is 5.22. The largest absolute Gasteiger partial charge is 0.347 e. The number of anilines is 1. The average Bonchev–Trinajstić information content (AvgIpc) is 2.88. The maximum absolute atomic E-state index is 11.7. The number of likely N-dealkylation sites (N-methyl/N-ethyl adjacent to an activating group) is 2. The van der Waals surface area contributed by atoms with Gasteiger partial charge >= 0.3 is 0 Å². The molecule has 0 aliphatic rings. The number of aromatic nitrogens is 4. The van der Waals surface area contributed by atoms with Gasteiger partial charge in [0, 0.05) is 21.1 Å². The van der Waals surface area contributed by atoms with E-state index in [0.717, 1.165) is 5.69 Å². The van der Waals surface area contributed by atoms with Gasteiger partial charge in [0.05, 0.1) is 12.2 Å². The summed E-state index contributed by atoms with van der Waals surface area (Å²) < 4.78 is 1.60. The monoisotopic (exact) mass is 260 g/mol. The second kappa shape index (κ2) is 5.47. The first-order chi connectivity index (χ1) is 9.09. The molecule has 0 unspecified atom stereocenters. The van der Waals surface area contributed by atoms with Crippen molar-refractivity contribution in [2.45, 2.75) is 0 Å². The van der Waals surface area contributed by atoms with Crippen molar-refractivity contribution in [1.82, 2.24) is 25.1 Å². The molecule has 7 nitrogen and oxygen atoms in total. The number of carbonyl (C=O) groups is 1. The van der Waals surface area contributed by atoms with Crippen LogP contribution in [0.15, 0.2) is 30.3 Å². The van der Waals surface area contributed by atoms with Crippen LogP contribution in [-0.2, 0) is 4.79 Å². The Bertz CT molecular complexity index is 550. The molecule has 7 heteroatoms. The molecule has 0 spiro atoms. The molecular formula is C12H16N6O. The van der Waals surface area contributed by atoms with E-state index < -0.39 is 0 Å². The van der Waals surface area contributed by atoms with E-state index in [1.807, 2.05) is 30.3 Å². The van der Waals surface area contributed by atoms with Gasteiger partial charge in [-0.1, -0.05) is 23.3 Å². The minimum absolute atomic E-state index is 0.00916. The first-order valence-electron chi connectivity index (χ1n) is 5.84. The Hall–Kier alpha value is -2.44. The van der Waals surface area contributed by atoms with Crippen LogP contribution in [0.1, 0.15) is 0 Å². The SMILES string of the molecule is CN(C)C(=O)CN(C)c1nnnn1-c1ccccc1. The fraction of sp³-hybridized carbons (Fsp3) is 0.333. The molecule has 19 heavy (non-hydrogen) atoms. The van der Waals surface area contributed by atoms with Crippen LogP contribution >= 0.6 is 0 Å². The lowest BCUT2D eigenvalue weighted by atomic mass is 10.3. The summed E-state index contributed by atoms with van der Waals surface area (Å²) in [4.78, 5) is 15.0. The number of para-hydroxylation sites is 1. The molecule has 0 atom stereocenters. The molecule has 1 heterocycles. The van der Waals surface area contributed by atoms with Crippen LogP contribution < -0.4 is 4.90 Å². The minimum atomic E-state index is -0.00916. The maximum atomic E-state index is 11.7. The highest BCUT2D eigenvalue weighted by molar-refractivity contribution is 5.80. The van der Waals surface area contributed by atoms with Gasteiger partial charge in [0.1, 0.15) is 0 Å². The summed E-state index contributed by atoms with van der Waals surface area (Å²) in [5.41, 5.74) is 0.853. The number of amides is 1. The summed E-state index contributed by atoms with van der Waals surface area (Å²) in [6, 6.07) is 9.55. The van der Waals surface area contributed by atoms with E-state index >= 15 is 0 Å². The molecular weight excluding hydrogens is 244 g/mol. The summed E-state index contributed by atoms with van der Waals surface area (Å²) >= 11 is 0. The molecule has 0 bridgehead atoms. The van der Waals surface area contributed by atoms with Gasteiger partial charge in [0.25, 0.3) is 5.95 Å². The summed E-state index contributed by atoms with van der Waals surface area (Å²) in [6.07, 6.45) is 0. The zero-order chi connectivity index (χ0) is 13.8. The van der Waals surface area contributed by atoms with Crippen molar-refractivity contribution in [2.24, 2.45) is 0 Å². The summed E-state index contributed by atoms with van der Waals surface area (Å²) in [5.74, 6) is 0.520. The van der Waals surface area contributed by atoms with Crippen molar-refractivity contribution in [1.29, 1.82) is 0 Å². The first-order valence-corrected chi connectivity index (χ1v) is 5.84. The Labute approximate surface area is 111 Å². The van der Waals surface area contributed by atoms with Crippen molar-refractivity contribution < 1.29 is 4.79 Å². The molecule has 1 aromatic carbocycles. The Morgan fingerprint density at radius 1 is 1.21 bits per heavy atom. The quantitative estimate of drug-likeness (QED) is 0.785. The van der Waals surface area contributed by atoms with Gasteiger partial charge in [-0.15, -0.1) is 0 Å². The number of rotatable bonds is 4. The molecule has 0 saturated carbocycles. The fourth-order valence-electron chi connectivity index (χ4n) is 1.57. The predicted molar refractivity (Wildman–Crippen MR) is 71.1 cm³/mol. The maximum Gasteiger partial charge on any atom is 0.250 e. The highest BCUT2D eigenvalue weighted by atomic mass is 16.2. The number of benzene rings is 1. The van der Waals surface area contributed by atoms with Gasteiger partial charge in [-0.2, -0.15) is 4.68 Å². The van der Waals surface area contributed by atoms with Gasteiger partial charge in [-0.3, -0.25) is 4.79 Å². The normalized spacial score (nSPS) is 10.3. The van der Waals surface area contributed by atoms with Crippen LogP contribution in [0.4, 0.5) is 5.95 Å². The standard InChI is InChI=1S/C12H16N6O/c1-16(2)11(19)9-17(3)12-13-14-15-18(12)10-7-5-4-6-8-10/h4-8H,9H2,1-3H3. The second-order valence-electron chi connectivity index (χ2n) is 4.37. The van der Waals surface area contributed by atoms with E-state index in [4.69, 9.17) is 0 Å². The zero-order valence-corrected chi connectivity index (χ0v) is 11.2. The van der Waals surface area contributed by atoms with Crippen molar-refractivity contribution in [3.8, 4) is 5.69 Å². The predicted octanol–water partition coefficient (Wildman–Crippen LogP) is 0.187. The molecule has 0 radical (unpaired) electrons. The van der Waals surface area contributed by atoms with Gasteiger partial charge in [0.15, 0.2) is 0 Å². The van der Waals surface area contributed by atoms with Gasteiger partial charge in [-0.25, -0.2) is 0 Å². The lowest BCUT2D eigenvalue weighted by Gasteiger charge is -2.19. The molecule has 1 amide bonds. The molecule has 100 valence electrons. The number of tetrazole rings is 1. The topological polar surface area (TPSA) is 67.2 Å². The third-order valence-electron chi connectivity index (χ3n) is 2.67. The zero-order valence-electron chi connectivity index (χ0n) is 11.2. The molecule has 1 aromatic heterocycles. The van der Waals surface area contributed by atoms with E-state index in [-0.39, 0.29) is 12.5 Å². The molecule has 0 aliphatic carbocycles. The smallest absolute Gasteiger partial charge is 0.250 e. The Balaban J connectivity index is 2.23. The van der Waals surface area contributed by atoms with Crippen molar-refractivity contribution >= 4 is 11.9 Å². The number of hydrogen-bond acceptors (Lipinski definition) is 5. The molecule has 0 aliphatic heterocycles. The molecule has 2 rings (SSSR count). The molecule has 0 saturated heterocycles. The third-order valence-corrected chi connectivity index (χ3v) is 2.67. The Morgan fingerprint density at radius 3 is 2.53 bits per heavy atom. The van der Waals surface area contributed by atoms with Crippen molar-refractivity contribution in [3.63, 3.8) is 0 Å². The van der Waals surface area contributed by atoms with E-state index in [1.54, 1.807) is 30.7 Å². The van der Waals surface area contributed by atoms with E-state index in [1.165, 1.54) is 4.90 Å². The summed E-state index contributed by atoms with van der Waals surface area (Å²) in [5, 5.41) is 11.6. The highest BCUT2D eigenvalue weighted by Gasteiger charge is 2.16. The number of carbonyl (C=O) groups excluding carboxylic acids is 1. The molecule has 0 fully saturated rings. The first kappa shape index (κ1) is 13.0. The lowest BCUT2D eigenvalue weighted by molar-refractivity contribution is -0.127.